The number of hydrogen-bond acceptors (Lipinski definition) is 5. The van der Waals surface area contributed by atoms with Crippen molar-refractivity contribution >= 4 is 0 Å². The van der Waals surface area contributed by atoms with Gasteiger partial charge in [-0.25, -0.2) is 0 Å². The average Bonchev–Trinajstić information content (AvgIpc) is 2.94. The van der Waals surface area contributed by atoms with Crippen LogP contribution >= 0.6 is 0 Å². The summed E-state index contributed by atoms with van der Waals surface area (Å²) in [5.74, 6) is 1.62. The molecule has 25 heavy (non-hydrogen) atoms. The van der Waals surface area contributed by atoms with Crippen molar-refractivity contribution in [1.29, 1.82) is 0 Å². The maximum absolute atomic E-state index is 8.89. The number of para-hydroxylation sites is 2. The van der Waals surface area contributed by atoms with Crippen molar-refractivity contribution in [1.82, 2.24) is 5.32 Å². The fourth-order valence-corrected chi connectivity index (χ4v) is 2.11. The van der Waals surface area contributed by atoms with Gasteiger partial charge < -0.3 is 19.3 Å². The fourth-order valence-electron chi connectivity index (χ4n) is 2.11. The smallest absolute Gasteiger partial charge is 0.260 e. The molecule has 2 aromatic rings. The van der Waals surface area contributed by atoms with Gasteiger partial charge in [0.15, 0.2) is 0 Å². The van der Waals surface area contributed by atoms with Crippen molar-refractivity contribution in [2.75, 3.05) is 13.2 Å². The molecule has 136 valence electrons. The van der Waals surface area contributed by atoms with Crippen molar-refractivity contribution in [2.45, 2.75) is 38.8 Å². The second-order valence-corrected chi connectivity index (χ2v) is 6.58. The zero-order valence-corrected chi connectivity index (χ0v) is 15.0. The van der Waals surface area contributed by atoms with E-state index in [4.69, 9.17) is 19.3 Å². The summed E-state index contributed by atoms with van der Waals surface area (Å²) in [5.41, 5.74) is -0.000549. The minimum atomic E-state index is -0.407. The maximum Gasteiger partial charge on any atom is 0.260 e. The number of rotatable bonds is 5. The van der Waals surface area contributed by atoms with E-state index in [0.717, 1.165) is 11.5 Å². The van der Waals surface area contributed by atoms with Gasteiger partial charge in [0.1, 0.15) is 18.1 Å². The Morgan fingerprint density at radius 1 is 1.08 bits per heavy atom. The van der Waals surface area contributed by atoms with E-state index < -0.39 is 6.10 Å². The van der Waals surface area contributed by atoms with Crippen LogP contribution in [0.25, 0.3) is 0 Å². The van der Waals surface area contributed by atoms with E-state index in [1.807, 2.05) is 60.7 Å². The minimum absolute atomic E-state index is 0.000549. The van der Waals surface area contributed by atoms with Gasteiger partial charge in [0.2, 0.25) is 0 Å². The third-order valence-corrected chi connectivity index (χ3v) is 3.32. The highest BCUT2D eigenvalue weighted by molar-refractivity contribution is 5.21. The van der Waals surface area contributed by atoms with Gasteiger partial charge in [-0.3, -0.25) is 5.32 Å². The van der Waals surface area contributed by atoms with Gasteiger partial charge in [0.05, 0.1) is 12.7 Å². The summed E-state index contributed by atoms with van der Waals surface area (Å²) in [4.78, 5) is 0. The zero-order chi connectivity index (χ0) is 18.1. The third kappa shape index (κ3) is 7.56. The lowest BCUT2D eigenvalue weighted by atomic mass is 10.1. The summed E-state index contributed by atoms with van der Waals surface area (Å²) >= 11 is 0. The molecule has 0 aromatic heterocycles. The van der Waals surface area contributed by atoms with Crippen LogP contribution in [-0.4, -0.2) is 36.4 Å². The van der Waals surface area contributed by atoms with E-state index in [0.29, 0.717) is 13.2 Å². The van der Waals surface area contributed by atoms with Gasteiger partial charge >= 0.3 is 0 Å². The van der Waals surface area contributed by atoms with Crippen molar-refractivity contribution in [3.05, 3.63) is 60.7 Å². The molecule has 1 aliphatic heterocycles. The molecule has 0 bridgehead atoms. The van der Waals surface area contributed by atoms with Crippen LogP contribution in [-0.2, 0) is 4.74 Å². The molecular weight excluding hydrogens is 318 g/mol. The molecule has 1 aliphatic rings. The Labute approximate surface area is 149 Å². The first kappa shape index (κ1) is 19.2. The number of benzene rings is 2. The molecule has 2 unspecified atom stereocenters. The summed E-state index contributed by atoms with van der Waals surface area (Å²) < 4.78 is 16.2. The number of hydrogen-bond donors (Lipinski definition) is 2. The van der Waals surface area contributed by atoms with Gasteiger partial charge in [-0.15, -0.1) is 0 Å². The second-order valence-electron chi connectivity index (χ2n) is 6.58. The topological polar surface area (TPSA) is 60.0 Å². The first-order valence-electron chi connectivity index (χ1n) is 8.41. The lowest BCUT2D eigenvalue weighted by Crippen LogP contribution is -2.41. The molecule has 3 rings (SSSR count). The summed E-state index contributed by atoms with van der Waals surface area (Å²) in [5, 5.41) is 12.1. The van der Waals surface area contributed by atoms with E-state index in [2.05, 4.69) is 19.2 Å². The van der Waals surface area contributed by atoms with E-state index in [1.165, 1.54) is 0 Å². The predicted molar refractivity (Wildman–Crippen MR) is 97.6 cm³/mol. The van der Waals surface area contributed by atoms with Crippen LogP contribution < -0.4 is 14.8 Å². The summed E-state index contributed by atoms with van der Waals surface area (Å²) in [6, 6.07) is 19.1. The monoisotopic (exact) mass is 345 g/mol. The van der Waals surface area contributed by atoms with Gasteiger partial charge in [-0.05, 0) is 45.0 Å². The van der Waals surface area contributed by atoms with Crippen LogP contribution in [0.3, 0.4) is 0 Å². The molecule has 0 amide bonds. The van der Waals surface area contributed by atoms with Crippen LogP contribution in [0, 0.1) is 0 Å². The van der Waals surface area contributed by atoms with Crippen molar-refractivity contribution in [2.24, 2.45) is 0 Å². The first-order valence-corrected chi connectivity index (χ1v) is 8.41. The molecule has 1 heterocycles. The molecule has 0 saturated carbocycles. The third-order valence-electron chi connectivity index (χ3n) is 3.32. The summed E-state index contributed by atoms with van der Waals surface area (Å²) in [7, 11) is 0. The molecule has 5 heteroatoms. The van der Waals surface area contributed by atoms with Gasteiger partial charge in [0, 0.05) is 5.54 Å². The molecular formula is C20H27NO4. The highest BCUT2D eigenvalue weighted by Crippen LogP contribution is 2.18. The van der Waals surface area contributed by atoms with Gasteiger partial charge in [0.25, 0.3) is 6.41 Å². The van der Waals surface area contributed by atoms with Gasteiger partial charge in [-0.2, -0.15) is 0 Å². The number of aliphatic hydroxyl groups is 1. The predicted octanol–water partition coefficient (Wildman–Crippen LogP) is 3.19. The Hall–Kier alpha value is -2.08. The highest BCUT2D eigenvalue weighted by Gasteiger charge is 2.31. The number of ether oxygens (including phenoxy) is 3. The lowest BCUT2D eigenvalue weighted by Gasteiger charge is -2.17. The van der Waals surface area contributed by atoms with Crippen molar-refractivity contribution in [3.63, 3.8) is 0 Å². The molecule has 5 nitrogen and oxygen atoms in total. The van der Waals surface area contributed by atoms with E-state index in [-0.39, 0.29) is 12.0 Å². The highest BCUT2D eigenvalue weighted by atomic mass is 16.7. The van der Waals surface area contributed by atoms with Crippen LogP contribution in [0.15, 0.2) is 60.7 Å². The second kappa shape index (κ2) is 9.42. The molecule has 2 aromatic carbocycles. The van der Waals surface area contributed by atoms with Crippen LogP contribution in [0.4, 0.5) is 0 Å². The van der Waals surface area contributed by atoms with E-state index >= 15 is 0 Å². The Kier molecular flexibility index (Phi) is 7.25. The Bertz CT molecular complexity index is 602. The molecule has 2 N–H and O–H groups in total. The normalized spacial score (nSPS) is 19.4. The Balaban J connectivity index is 0.000000186. The molecule has 0 aliphatic carbocycles. The molecule has 2 atom stereocenters. The SMILES string of the molecule is CC(O)COc1ccccc1.CC1(C)COC(Oc2ccccc2)N1. The van der Waals surface area contributed by atoms with Crippen LogP contribution in [0.2, 0.25) is 0 Å². The van der Waals surface area contributed by atoms with Crippen LogP contribution in [0.1, 0.15) is 20.8 Å². The Morgan fingerprint density at radius 3 is 2.12 bits per heavy atom. The zero-order valence-electron chi connectivity index (χ0n) is 15.0. The van der Waals surface area contributed by atoms with Gasteiger partial charge in [-0.1, -0.05) is 36.4 Å². The molecule has 0 spiro atoms. The maximum atomic E-state index is 8.89. The summed E-state index contributed by atoms with van der Waals surface area (Å²) in [6.07, 6.45) is -0.734. The molecule has 1 fully saturated rings. The standard InChI is InChI=1S/C11H15NO2.C9H12O2/c1-11(2)8-13-10(12-11)14-9-6-4-3-5-7-9;1-8(10)7-11-9-5-3-2-4-6-9/h3-7,10,12H,8H2,1-2H3;2-6,8,10H,7H2,1H3. The average molecular weight is 345 g/mol. The van der Waals surface area contributed by atoms with E-state index in [9.17, 15) is 0 Å². The minimum Gasteiger partial charge on any atom is -0.491 e. The molecule has 1 saturated heterocycles. The summed E-state index contributed by atoms with van der Waals surface area (Å²) in [6.45, 7) is 6.89. The quantitative estimate of drug-likeness (QED) is 0.871. The Morgan fingerprint density at radius 2 is 1.64 bits per heavy atom. The van der Waals surface area contributed by atoms with E-state index in [1.54, 1.807) is 6.92 Å². The van der Waals surface area contributed by atoms with Crippen LogP contribution in [0.5, 0.6) is 11.5 Å². The number of aliphatic hydroxyl groups excluding tert-OH is 1. The lowest BCUT2D eigenvalue weighted by molar-refractivity contribution is -0.0518. The van der Waals surface area contributed by atoms with Crippen molar-refractivity contribution in [3.8, 4) is 11.5 Å². The van der Waals surface area contributed by atoms with Crippen molar-refractivity contribution < 1.29 is 19.3 Å². The fraction of sp³-hybridized carbons (Fsp3) is 0.400. The molecule has 0 radical (unpaired) electrons. The number of nitrogens with one attached hydrogen (secondary N) is 1. The largest absolute Gasteiger partial charge is 0.491 e. The first-order chi connectivity index (χ1) is 11.9.